The Bertz CT molecular complexity index is 5280. The first-order valence-corrected chi connectivity index (χ1v) is 47.3. The molecular weight excluding hydrogens is 1600 g/mol. The van der Waals surface area contributed by atoms with Gasteiger partial charge in [0.1, 0.15) is 60.7 Å². The Balaban J connectivity index is 0.000000659. The maximum absolute atomic E-state index is 13.1. The minimum Gasteiger partial charge on any atom is -0.744 e. The van der Waals surface area contributed by atoms with Crippen LogP contribution in [0.15, 0.2) is 181 Å². The van der Waals surface area contributed by atoms with Crippen molar-refractivity contribution in [1.29, 1.82) is 0 Å². The Morgan fingerprint density at radius 2 is 0.748 bits per heavy atom. The lowest BCUT2D eigenvalue weighted by Gasteiger charge is -2.28. The van der Waals surface area contributed by atoms with Crippen LogP contribution in [0.25, 0.3) is 27.1 Å². The maximum atomic E-state index is 13.1. The number of allylic oxidation sites excluding steroid dienone is 6. The van der Waals surface area contributed by atoms with Gasteiger partial charge in [0, 0.05) is 57.4 Å². The number of hydrogen-bond acceptors (Lipinski definition) is 20. The first-order chi connectivity index (χ1) is 53.5. The molecule has 115 heavy (non-hydrogen) atoms. The summed E-state index contributed by atoms with van der Waals surface area (Å²) in [4.78, 5) is 16.6. The standard InChI is InChI=1S/C52H42N2O20S6.5C6H15N/c1-51(2)46(53(32-7-5-9-34(23-32)75(57,58)59)42-27-44(79(69,70)71)40-25-36(77(63,64)65)17-19-38(40)48(42)51)21-15-30(29-11-13-31(14-12-29)50(55)56)16-22-47-52(3,4)49-39-20-18-37(78(66,67)68)26-41(39)45(80(72,73)74)28-43(49)54(47)33-8-6-10-35(24-33)76(60,61)62;5*1-4-7(5-2)6-3/h5-28H,1-4H3,(H6-,55,56,57,58,59,60,61,62,63,64,65,66,67,68,69,70,71,72,73,74);5*4-6H2,1-3H3. The van der Waals surface area contributed by atoms with Gasteiger partial charge in [-0.3, -0.25) is 0 Å². The average molecular weight is 1710 g/mol. The summed E-state index contributed by atoms with van der Waals surface area (Å²) in [5.41, 5.74) is -2.10. The van der Waals surface area contributed by atoms with Crippen molar-refractivity contribution in [2.75, 3.05) is 103 Å². The molecule has 636 valence electrons. The number of carboxylic acids is 1. The van der Waals surface area contributed by atoms with Crippen LogP contribution in [-0.2, 0) is 71.5 Å². The van der Waals surface area contributed by atoms with E-state index in [9.17, 15) is 87.7 Å². The summed E-state index contributed by atoms with van der Waals surface area (Å²) < 4.78 is 228. The molecule has 7 aromatic carbocycles. The summed E-state index contributed by atoms with van der Waals surface area (Å²) in [7, 11) is -31.8. The molecule has 7 aromatic rings. The Morgan fingerprint density at radius 1 is 0.400 bits per heavy atom. The first kappa shape index (κ1) is 99.8. The molecule has 9 rings (SSSR count). The van der Waals surface area contributed by atoms with E-state index < -0.39 is 118 Å². The molecule has 0 aliphatic carbocycles. The molecule has 2 aliphatic heterocycles. The lowest BCUT2D eigenvalue weighted by Crippen LogP contribution is -3.11. The van der Waals surface area contributed by atoms with Crippen LogP contribution in [0.5, 0.6) is 0 Å². The highest BCUT2D eigenvalue weighted by atomic mass is 32.2. The van der Waals surface area contributed by atoms with E-state index in [-0.39, 0.29) is 72.8 Å². The zero-order valence-corrected chi connectivity index (χ0v) is 74.4. The van der Waals surface area contributed by atoms with Gasteiger partial charge in [-0.25, -0.2) is 55.3 Å². The fraction of sp³-hybridized carbons (Fsp3) is 0.439. The van der Waals surface area contributed by atoms with Gasteiger partial charge in [0.15, 0.2) is 5.71 Å². The molecule has 0 atom stereocenters. The number of quaternary nitrogens is 5. The van der Waals surface area contributed by atoms with Crippen LogP contribution in [0.3, 0.4) is 0 Å². The predicted octanol–water partition coefficient (Wildman–Crippen LogP) is 5.99. The summed E-state index contributed by atoms with van der Waals surface area (Å²) in [6.45, 7) is 58.9. The molecular formula is C82H117N7O20S6. The van der Waals surface area contributed by atoms with Gasteiger partial charge >= 0.3 is 5.97 Å². The van der Waals surface area contributed by atoms with E-state index >= 15 is 0 Å². The van der Waals surface area contributed by atoms with Gasteiger partial charge in [-0.15, -0.1) is 0 Å². The topological polar surface area (TPSA) is 409 Å². The first-order valence-electron chi connectivity index (χ1n) is 38.8. The van der Waals surface area contributed by atoms with Crippen LogP contribution in [0, 0.1) is 0 Å². The van der Waals surface area contributed by atoms with Crippen molar-refractivity contribution < 1.29 is 112 Å². The fourth-order valence-corrected chi connectivity index (χ4v) is 17.4. The minimum absolute atomic E-state index is 0.0385. The van der Waals surface area contributed by atoms with Gasteiger partial charge in [-0.05, 0) is 224 Å². The third-order valence-corrected chi connectivity index (χ3v) is 26.3. The highest BCUT2D eigenvalue weighted by molar-refractivity contribution is 7.87. The lowest BCUT2D eigenvalue weighted by molar-refractivity contribution is -0.894. The van der Waals surface area contributed by atoms with Crippen molar-refractivity contribution >= 4 is 122 Å². The number of nitrogens with zero attached hydrogens (tertiary/aromatic N) is 2. The van der Waals surface area contributed by atoms with Crippen molar-refractivity contribution in [3.8, 4) is 0 Å². The van der Waals surface area contributed by atoms with E-state index in [1.165, 1.54) is 180 Å². The van der Waals surface area contributed by atoms with Crippen molar-refractivity contribution in [1.82, 2.24) is 4.58 Å². The lowest BCUT2D eigenvalue weighted by atomic mass is 9.78. The highest BCUT2D eigenvalue weighted by Gasteiger charge is 2.48. The summed E-state index contributed by atoms with van der Waals surface area (Å²) in [5, 5.41) is 8.85. The van der Waals surface area contributed by atoms with Crippen LogP contribution in [-0.4, -0.2) is 193 Å². The predicted molar refractivity (Wildman–Crippen MR) is 445 cm³/mol. The van der Waals surface area contributed by atoms with E-state index in [1.54, 1.807) is 52.2 Å². The van der Waals surface area contributed by atoms with Crippen LogP contribution < -0.4 is 34.0 Å². The zero-order valence-electron chi connectivity index (χ0n) is 69.5. The molecule has 0 fully saturated rings. The molecule has 0 spiro atoms. The number of carboxylic acid groups (broad SMARTS) is 1. The van der Waals surface area contributed by atoms with Crippen molar-refractivity contribution in [3.05, 3.63) is 174 Å². The quantitative estimate of drug-likeness (QED) is 0.0186. The van der Waals surface area contributed by atoms with Crippen molar-refractivity contribution in [2.45, 2.75) is 172 Å². The number of nitrogens with one attached hydrogen (secondary N) is 5. The van der Waals surface area contributed by atoms with E-state index in [0.29, 0.717) is 0 Å². The molecule has 0 saturated carbocycles. The molecule has 27 nitrogen and oxygen atoms in total. The molecule has 0 aromatic heterocycles. The average Bonchev–Trinajstić information content (AvgIpc) is 1.45. The van der Waals surface area contributed by atoms with Crippen LogP contribution in [0.1, 0.15) is 159 Å². The summed E-state index contributed by atoms with van der Waals surface area (Å²) in [5.74, 6) is -1.31. The van der Waals surface area contributed by atoms with E-state index in [0.717, 1.165) is 72.8 Å². The van der Waals surface area contributed by atoms with Gasteiger partial charge in [0.2, 0.25) is 11.4 Å². The molecule has 0 amide bonds. The van der Waals surface area contributed by atoms with Gasteiger partial charge in [0.05, 0.1) is 144 Å². The minimum atomic E-state index is -5.52. The molecule has 0 saturated heterocycles. The van der Waals surface area contributed by atoms with Gasteiger partial charge in [0.25, 0.3) is 0 Å². The second kappa shape index (κ2) is 42.7. The monoisotopic (exact) mass is 1710 g/mol. The number of hydrogen-bond donors (Lipinski definition) is 6. The Labute approximate surface area is 682 Å². The third-order valence-electron chi connectivity index (χ3n) is 21.2. The van der Waals surface area contributed by atoms with E-state index in [4.69, 9.17) is 0 Å². The highest BCUT2D eigenvalue weighted by Crippen LogP contribution is 2.56. The fourth-order valence-electron chi connectivity index (χ4n) is 14.0. The number of carbonyl (C=O) groups is 1. The Morgan fingerprint density at radius 3 is 1.10 bits per heavy atom. The van der Waals surface area contributed by atoms with Crippen LogP contribution >= 0.6 is 0 Å². The largest absolute Gasteiger partial charge is 0.744 e. The van der Waals surface area contributed by atoms with Gasteiger partial charge in [-0.1, -0.05) is 56.3 Å². The SMILES string of the molecule is CC1(C)C(/C=C/C(=C/C=C2/N(c3cccc(S(=O)(=O)[O-])c3)c3cc(S(=O)(=O)[O-])c4cc(S(=O)(=O)[O-])ccc4c3C2(C)C)c2ccc(C(=O)O)cc2)=[N+](c2cccc(S(=O)(=O)[O-])c2)c2cc(S(=O)(=O)[O-])c3cc(S(=O)(=O)[O-])ccc3c21.CC[NH+](CC)CC.CC[NH+](CC)CC.CC[NH+](CC)CC.CC[NH+](CC)CC.CC[NH+](CC)CC. The Kier molecular flexibility index (Phi) is 37.1. The molecule has 6 N–H and O–H groups in total. The summed E-state index contributed by atoms with van der Waals surface area (Å²) in [6, 6.07) is 21.8. The smallest absolute Gasteiger partial charge is 0.335 e. The molecule has 0 unspecified atom stereocenters. The number of aromatic carboxylic acids is 1. The second-order valence-electron chi connectivity index (χ2n) is 28.4. The Hall–Kier alpha value is -7.52. The summed E-state index contributed by atoms with van der Waals surface area (Å²) in [6.07, 6.45) is 5.88. The number of rotatable bonds is 28. The number of benzene rings is 7. The molecule has 33 heteroatoms. The molecule has 2 aliphatic rings. The number of anilines is 2. The maximum Gasteiger partial charge on any atom is 0.335 e. The van der Waals surface area contributed by atoms with Crippen molar-refractivity contribution in [3.63, 3.8) is 0 Å². The van der Waals surface area contributed by atoms with Crippen molar-refractivity contribution in [2.24, 2.45) is 0 Å². The summed E-state index contributed by atoms with van der Waals surface area (Å²) >= 11 is 0. The van der Waals surface area contributed by atoms with Crippen LogP contribution in [0.2, 0.25) is 0 Å². The van der Waals surface area contributed by atoms with E-state index in [2.05, 4.69) is 104 Å². The number of fused-ring (bicyclic) bond motifs is 6. The third kappa shape index (κ3) is 25.7. The second-order valence-corrected chi connectivity index (χ2v) is 36.6. The van der Waals surface area contributed by atoms with Crippen LogP contribution in [0.4, 0.5) is 22.7 Å². The van der Waals surface area contributed by atoms with Gasteiger partial charge in [-0.2, -0.15) is 4.58 Å². The normalized spacial score (nSPS) is 14.6. The molecule has 0 bridgehead atoms. The zero-order chi connectivity index (χ0) is 87.3. The van der Waals surface area contributed by atoms with Gasteiger partial charge < -0.3 is 61.8 Å². The molecule has 0 radical (unpaired) electrons. The van der Waals surface area contributed by atoms with E-state index in [1.807, 2.05) is 0 Å². The molecule has 2 heterocycles.